The maximum absolute atomic E-state index is 2.38. The number of likely N-dealkylation sites (N-methyl/N-ethyl adjacent to an activating group) is 2. The monoisotopic (exact) mass is 190 g/mol. The standard InChI is InChI=1S/C12H17N2/c1-13-8-9-14(2)12(13)10-11-6-4-3-5-7-11/h3-7H,8-10H2,1-2H3/q+1/p+1. The first-order chi connectivity index (χ1) is 6.77. The summed E-state index contributed by atoms with van der Waals surface area (Å²) in [4.78, 5) is 1.55. The predicted octanol–water partition coefficient (Wildman–Crippen LogP) is -0.202. The number of hydrogen-bond acceptors (Lipinski definition) is 0. The van der Waals surface area contributed by atoms with Gasteiger partial charge in [0.1, 0.15) is 20.0 Å². The molecule has 74 valence electrons. The summed E-state index contributed by atoms with van der Waals surface area (Å²) in [5.41, 5.74) is 1.41. The number of benzene rings is 1. The predicted molar refractivity (Wildman–Crippen MR) is 58.0 cm³/mol. The summed E-state index contributed by atoms with van der Waals surface area (Å²) in [5.74, 6) is 1.51. The number of rotatable bonds is 2. The van der Waals surface area contributed by atoms with Crippen LogP contribution in [0.25, 0.3) is 0 Å². The van der Waals surface area contributed by atoms with Crippen LogP contribution in [0.4, 0.5) is 0 Å². The average molecular weight is 190 g/mol. The van der Waals surface area contributed by atoms with Crippen molar-refractivity contribution >= 4 is 5.84 Å². The second-order valence-corrected chi connectivity index (χ2v) is 4.06. The molecule has 1 aliphatic rings. The molecule has 2 rings (SSSR count). The molecule has 0 aromatic heterocycles. The van der Waals surface area contributed by atoms with E-state index >= 15 is 0 Å². The lowest BCUT2D eigenvalue weighted by molar-refractivity contribution is -0.779. The molecule has 1 N–H and O–H groups in total. The Labute approximate surface area is 85.5 Å². The molecule has 0 aliphatic carbocycles. The Morgan fingerprint density at radius 2 is 2.00 bits per heavy atom. The van der Waals surface area contributed by atoms with Gasteiger partial charge in [0.2, 0.25) is 0 Å². The van der Waals surface area contributed by atoms with Gasteiger partial charge in [0.05, 0.1) is 7.05 Å². The lowest BCUT2D eigenvalue weighted by atomic mass is 10.1. The van der Waals surface area contributed by atoms with E-state index in [4.69, 9.17) is 0 Å². The number of amidine groups is 1. The van der Waals surface area contributed by atoms with Crippen LogP contribution in [0.2, 0.25) is 0 Å². The number of nitrogens with zero attached hydrogens (tertiary/aromatic N) is 1. The molecule has 1 aromatic rings. The quantitative estimate of drug-likeness (QED) is 0.618. The molecule has 1 aliphatic heterocycles. The Morgan fingerprint density at radius 3 is 2.57 bits per heavy atom. The summed E-state index contributed by atoms with van der Waals surface area (Å²) in [5, 5.41) is 0. The van der Waals surface area contributed by atoms with Crippen LogP contribution < -0.4 is 4.90 Å². The van der Waals surface area contributed by atoms with Gasteiger partial charge in [0, 0.05) is 0 Å². The molecule has 14 heavy (non-hydrogen) atoms. The Balaban J connectivity index is 2.15. The molecular weight excluding hydrogens is 172 g/mol. The summed E-state index contributed by atoms with van der Waals surface area (Å²) in [7, 11) is 4.44. The van der Waals surface area contributed by atoms with E-state index < -0.39 is 0 Å². The van der Waals surface area contributed by atoms with Crippen LogP contribution >= 0.6 is 0 Å². The first kappa shape index (κ1) is 9.41. The molecule has 0 amide bonds. The fourth-order valence-corrected chi connectivity index (χ4v) is 2.02. The molecule has 0 radical (unpaired) electrons. The van der Waals surface area contributed by atoms with Gasteiger partial charge in [-0.15, -0.1) is 0 Å². The topological polar surface area (TPSA) is 7.45 Å². The van der Waals surface area contributed by atoms with E-state index in [1.165, 1.54) is 24.5 Å². The second kappa shape index (κ2) is 3.93. The Bertz CT molecular complexity index is 341. The van der Waals surface area contributed by atoms with Crippen LogP contribution in [0.3, 0.4) is 0 Å². The van der Waals surface area contributed by atoms with Gasteiger partial charge in [0.15, 0.2) is 6.54 Å². The van der Waals surface area contributed by atoms with E-state index in [0.717, 1.165) is 6.42 Å². The van der Waals surface area contributed by atoms with E-state index in [1.807, 2.05) is 0 Å². The zero-order chi connectivity index (χ0) is 9.97. The van der Waals surface area contributed by atoms with Crippen molar-refractivity contribution in [1.29, 1.82) is 0 Å². The van der Waals surface area contributed by atoms with E-state index in [0.29, 0.717) is 0 Å². The summed E-state index contributed by atoms with van der Waals surface area (Å²) in [6.07, 6.45) is 1.09. The normalized spacial score (nSPS) is 21.7. The fourth-order valence-electron chi connectivity index (χ4n) is 2.02. The van der Waals surface area contributed by atoms with Crippen LogP contribution in [-0.2, 0) is 6.42 Å². The van der Waals surface area contributed by atoms with Gasteiger partial charge in [-0.1, -0.05) is 30.3 Å². The number of hydrogen-bond donors (Lipinski definition) is 1. The molecule has 2 heteroatoms. The first-order valence-corrected chi connectivity index (χ1v) is 5.21. The molecule has 0 bridgehead atoms. The van der Waals surface area contributed by atoms with Crippen molar-refractivity contribution < 1.29 is 9.48 Å². The third kappa shape index (κ3) is 1.85. The summed E-state index contributed by atoms with van der Waals surface area (Å²) >= 11 is 0. The summed E-state index contributed by atoms with van der Waals surface area (Å²) < 4.78 is 2.38. The van der Waals surface area contributed by atoms with Gasteiger partial charge in [0.25, 0.3) is 0 Å². The van der Waals surface area contributed by atoms with Gasteiger partial charge < -0.3 is 0 Å². The molecule has 1 heterocycles. The highest BCUT2D eigenvalue weighted by molar-refractivity contribution is 5.71. The minimum atomic E-state index is 1.09. The van der Waals surface area contributed by atoms with Crippen LogP contribution in [-0.4, -0.2) is 37.6 Å². The van der Waals surface area contributed by atoms with Crippen molar-refractivity contribution in [1.82, 2.24) is 0 Å². The highest BCUT2D eigenvalue weighted by Gasteiger charge is 2.29. The van der Waals surface area contributed by atoms with Gasteiger partial charge >= 0.3 is 5.84 Å². The first-order valence-electron chi connectivity index (χ1n) is 5.21. The van der Waals surface area contributed by atoms with Crippen molar-refractivity contribution in [2.24, 2.45) is 0 Å². The third-order valence-electron chi connectivity index (χ3n) is 2.99. The highest BCUT2D eigenvalue weighted by Crippen LogP contribution is 1.99. The molecule has 0 fully saturated rings. The number of nitrogens with one attached hydrogen (secondary N) is 1. The maximum atomic E-state index is 2.38. The maximum Gasteiger partial charge on any atom is 0.340 e. The van der Waals surface area contributed by atoms with Crippen LogP contribution in [0.1, 0.15) is 5.56 Å². The fraction of sp³-hybridized carbons (Fsp3) is 0.417. The van der Waals surface area contributed by atoms with Crippen molar-refractivity contribution in [2.75, 3.05) is 27.2 Å². The van der Waals surface area contributed by atoms with Crippen molar-refractivity contribution in [2.45, 2.75) is 6.42 Å². The molecule has 1 atom stereocenters. The lowest BCUT2D eigenvalue weighted by Crippen LogP contribution is -3.10. The summed E-state index contributed by atoms with van der Waals surface area (Å²) in [6, 6.07) is 10.7. The van der Waals surface area contributed by atoms with E-state index in [1.54, 1.807) is 4.90 Å². The van der Waals surface area contributed by atoms with Gasteiger partial charge in [-0.2, -0.15) is 4.58 Å². The zero-order valence-electron chi connectivity index (χ0n) is 8.96. The van der Waals surface area contributed by atoms with Crippen LogP contribution in [0, 0.1) is 0 Å². The molecule has 1 aromatic carbocycles. The van der Waals surface area contributed by atoms with Crippen molar-refractivity contribution in [3.63, 3.8) is 0 Å². The van der Waals surface area contributed by atoms with Gasteiger partial charge in [-0.3, -0.25) is 0 Å². The van der Waals surface area contributed by atoms with Crippen LogP contribution in [0.5, 0.6) is 0 Å². The molecule has 1 unspecified atom stereocenters. The van der Waals surface area contributed by atoms with Crippen molar-refractivity contribution in [3.05, 3.63) is 35.9 Å². The Hall–Kier alpha value is -1.15. The Morgan fingerprint density at radius 1 is 1.29 bits per heavy atom. The smallest absolute Gasteiger partial charge is 0.248 e. The second-order valence-electron chi connectivity index (χ2n) is 4.06. The van der Waals surface area contributed by atoms with Gasteiger partial charge in [-0.05, 0) is 5.56 Å². The molecule has 0 spiro atoms. The SMILES string of the molecule is C[N+]1=C(Cc2ccccc2)[NH+](C)CC1. The zero-order valence-corrected chi connectivity index (χ0v) is 8.96. The van der Waals surface area contributed by atoms with Crippen LogP contribution in [0.15, 0.2) is 30.3 Å². The van der Waals surface area contributed by atoms with Crippen molar-refractivity contribution in [3.8, 4) is 0 Å². The van der Waals surface area contributed by atoms with E-state index in [-0.39, 0.29) is 0 Å². The average Bonchev–Trinajstić information content (AvgIpc) is 2.51. The molecule has 0 saturated heterocycles. The third-order valence-corrected chi connectivity index (χ3v) is 2.99. The lowest BCUT2D eigenvalue weighted by Gasteiger charge is -2.03. The minimum absolute atomic E-state index is 1.09. The number of quaternary nitrogens is 1. The molecule has 2 nitrogen and oxygen atoms in total. The summed E-state index contributed by atoms with van der Waals surface area (Å²) in [6.45, 7) is 2.42. The molecule has 0 saturated carbocycles. The highest BCUT2D eigenvalue weighted by atomic mass is 15.3. The van der Waals surface area contributed by atoms with E-state index in [9.17, 15) is 0 Å². The molecular formula is C12H18N2+2. The minimum Gasteiger partial charge on any atom is -0.248 e. The van der Waals surface area contributed by atoms with E-state index in [2.05, 4.69) is 49.0 Å². The Kier molecular flexibility index (Phi) is 2.64. The van der Waals surface area contributed by atoms with Gasteiger partial charge in [-0.25, -0.2) is 4.90 Å². The largest absolute Gasteiger partial charge is 0.340 e.